The van der Waals surface area contributed by atoms with Crippen LogP contribution in [0.1, 0.15) is 31.9 Å². The lowest BCUT2D eigenvalue weighted by Crippen LogP contribution is -2.30. The van der Waals surface area contributed by atoms with E-state index in [1.807, 2.05) is 0 Å². The summed E-state index contributed by atoms with van der Waals surface area (Å²) < 4.78 is 28.9. The van der Waals surface area contributed by atoms with Gasteiger partial charge in [-0.2, -0.15) is 10.4 Å². The summed E-state index contributed by atoms with van der Waals surface area (Å²) in [6, 6.07) is 2.67. The van der Waals surface area contributed by atoms with Crippen molar-refractivity contribution in [3.8, 4) is 17.6 Å². The molecule has 154 valence electrons. The predicted octanol–water partition coefficient (Wildman–Crippen LogP) is 2.84. The molecule has 11 heteroatoms. The van der Waals surface area contributed by atoms with Crippen molar-refractivity contribution in [1.29, 1.82) is 5.26 Å². The first-order valence-corrected chi connectivity index (χ1v) is 9.26. The number of aromatic nitrogens is 5. The molecule has 9 nitrogen and oxygen atoms in total. The maximum absolute atomic E-state index is 15.2. The molecule has 30 heavy (non-hydrogen) atoms. The first-order valence-electron chi connectivity index (χ1n) is 9.26. The molecule has 1 aliphatic rings. The van der Waals surface area contributed by atoms with Crippen molar-refractivity contribution in [2.24, 2.45) is 11.8 Å². The molecule has 4 atom stereocenters. The van der Waals surface area contributed by atoms with Crippen molar-refractivity contribution in [2.75, 3.05) is 5.32 Å². The lowest BCUT2D eigenvalue weighted by molar-refractivity contribution is -0.141. The zero-order valence-electron chi connectivity index (χ0n) is 16.0. The molecule has 3 aromatic heterocycles. The fourth-order valence-corrected chi connectivity index (χ4v) is 3.16. The summed E-state index contributed by atoms with van der Waals surface area (Å²) in [6.07, 6.45) is 1.48. The Morgan fingerprint density at radius 3 is 2.83 bits per heavy atom. The standard InChI is InChI=1S/C19H17F2N7O2/c1-7(19(29)30)8(2)24-17-13(21)14(11-3-9(11)5-22)25-18(26-17)15-12-4-10(20)6-23-16(12)28-27-15/h4,6-9,11H,3H2,1-2H3,(H,29,30)(H,23,27,28)(H,24,25,26). The lowest BCUT2D eigenvalue weighted by atomic mass is 10.0. The van der Waals surface area contributed by atoms with Crippen LogP contribution in [0.15, 0.2) is 12.3 Å². The highest BCUT2D eigenvalue weighted by Crippen LogP contribution is 2.48. The normalized spacial score (nSPS) is 19.8. The fraction of sp³-hybridized carbons (Fsp3) is 0.368. The van der Waals surface area contributed by atoms with Crippen molar-refractivity contribution in [3.63, 3.8) is 0 Å². The molecule has 1 fully saturated rings. The number of nitrogens with zero attached hydrogens (tertiary/aromatic N) is 5. The molecule has 0 aromatic carbocycles. The topological polar surface area (TPSA) is 140 Å². The number of hydrogen-bond donors (Lipinski definition) is 3. The van der Waals surface area contributed by atoms with Crippen LogP contribution in [0, 0.1) is 34.8 Å². The van der Waals surface area contributed by atoms with E-state index in [1.54, 1.807) is 6.92 Å². The van der Waals surface area contributed by atoms with Gasteiger partial charge >= 0.3 is 5.97 Å². The summed E-state index contributed by atoms with van der Waals surface area (Å²) in [7, 11) is 0. The number of halogens is 2. The van der Waals surface area contributed by atoms with Crippen LogP contribution in [0.4, 0.5) is 14.6 Å². The van der Waals surface area contributed by atoms with Gasteiger partial charge in [-0.15, -0.1) is 0 Å². The number of nitriles is 1. The molecule has 1 aliphatic carbocycles. The second-order valence-corrected chi connectivity index (χ2v) is 7.36. The summed E-state index contributed by atoms with van der Waals surface area (Å²) in [5.74, 6) is -4.07. The van der Waals surface area contributed by atoms with Crippen LogP contribution in [-0.2, 0) is 4.79 Å². The number of carbonyl (C=O) groups is 1. The van der Waals surface area contributed by atoms with Crippen LogP contribution >= 0.6 is 0 Å². The molecule has 3 heterocycles. The van der Waals surface area contributed by atoms with Crippen molar-refractivity contribution >= 4 is 22.8 Å². The first-order chi connectivity index (χ1) is 14.3. The van der Waals surface area contributed by atoms with Crippen LogP contribution < -0.4 is 5.32 Å². The molecule has 0 radical (unpaired) electrons. The van der Waals surface area contributed by atoms with E-state index in [0.29, 0.717) is 11.8 Å². The number of anilines is 1. The number of rotatable bonds is 6. The van der Waals surface area contributed by atoms with Crippen molar-refractivity contribution in [1.82, 2.24) is 25.1 Å². The summed E-state index contributed by atoms with van der Waals surface area (Å²) in [5.41, 5.74) is 0.537. The van der Waals surface area contributed by atoms with Gasteiger partial charge in [-0.05, 0) is 26.3 Å². The van der Waals surface area contributed by atoms with E-state index < -0.39 is 35.5 Å². The van der Waals surface area contributed by atoms with Crippen LogP contribution in [0.3, 0.4) is 0 Å². The van der Waals surface area contributed by atoms with E-state index in [0.717, 1.165) is 6.20 Å². The SMILES string of the molecule is CC(Nc1nc(-c2[nH]nc3ncc(F)cc23)nc(C2CC2C#N)c1F)C(C)C(=O)O. The second kappa shape index (κ2) is 7.29. The Bertz CT molecular complexity index is 1190. The number of nitrogens with one attached hydrogen (secondary N) is 2. The smallest absolute Gasteiger partial charge is 0.308 e. The summed E-state index contributed by atoms with van der Waals surface area (Å²) in [4.78, 5) is 23.6. The van der Waals surface area contributed by atoms with Crippen LogP contribution in [0.25, 0.3) is 22.6 Å². The molecule has 0 amide bonds. The Morgan fingerprint density at radius 1 is 1.40 bits per heavy atom. The fourth-order valence-electron chi connectivity index (χ4n) is 3.16. The lowest BCUT2D eigenvalue weighted by Gasteiger charge is -2.19. The van der Waals surface area contributed by atoms with Gasteiger partial charge < -0.3 is 10.4 Å². The summed E-state index contributed by atoms with van der Waals surface area (Å²) >= 11 is 0. The molecule has 0 aliphatic heterocycles. The third-order valence-corrected chi connectivity index (χ3v) is 5.29. The Kier molecular flexibility index (Phi) is 4.77. The number of aromatic amines is 1. The van der Waals surface area contributed by atoms with E-state index in [1.165, 1.54) is 13.0 Å². The van der Waals surface area contributed by atoms with Crippen molar-refractivity contribution < 1.29 is 18.7 Å². The third kappa shape index (κ3) is 3.41. The molecule has 4 unspecified atom stereocenters. The largest absolute Gasteiger partial charge is 0.481 e. The number of H-pyrrole nitrogens is 1. The van der Waals surface area contributed by atoms with Crippen LogP contribution in [-0.4, -0.2) is 42.3 Å². The number of carboxylic acids is 1. The highest BCUT2D eigenvalue weighted by atomic mass is 19.1. The van der Waals surface area contributed by atoms with Crippen LogP contribution in [0.5, 0.6) is 0 Å². The molecule has 0 bridgehead atoms. The Labute approximate surface area is 169 Å². The van der Waals surface area contributed by atoms with Gasteiger partial charge in [0.1, 0.15) is 11.5 Å². The molecule has 0 saturated heterocycles. The van der Waals surface area contributed by atoms with Gasteiger partial charge in [0.25, 0.3) is 0 Å². The van der Waals surface area contributed by atoms with Crippen molar-refractivity contribution in [2.45, 2.75) is 32.2 Å². The minimum atomic E-state index is -1.04. The van der Waals surface area contributed by atoms with Crippen LogP contribution in [0.2, 0.25) is 0 Å². The van der Waals surface area contributed by atoms with E-state index in [9.17, 15) is 14.3 Å². The minimum Gasteiger partial charge on any atom is -0.481 e. The molecule has 3 aromatic rings. The zero-order valence-corrected chi connectivity index (χ0v) is 16.0. The second-order valence-electron chi connectivity index (χ2n) is 7.36. The van der Waals surface area contributed by atoms with Gasteiger partial charge in [0.2, 0.25) is 0 Å². The first kappa shape index (κ1) is 19.6. The van der Waals surface area contributed by atoms with Gasteiger partial charge in [-0.1, -0.05) is 0 Å². The number of carboxylic acid groups (broad SMARTS) is 1. The van der Waals surface area contributed by atoms with Gasteiger partial charge in [0.05, 0.1) is 35.2 Å². The molecule has 3 N–H and O–H groups in total. The third-order valence-electron chi connectivity index (χ3n) is 5.29. The van der Waals surface area contributed by atoms with Gasteiger partial charge in [0, 0.05) is 12.0 Å². The highest BCUT2D eigenvalue weighted by Gasteiger charge is 2.43. The highest BCUT2D eigenvalue weighted by molar-refractivity contribution is 5.88. The van der Waals surface area contributed by atoms with E-state index >= 15 is 4.39 Å². The van der Waals surface area contributed by atoms with E-state index in [-0.39, 0.29) is 34.6 Å². The average Bonchev–Trinajstić information content (AvgIpc) is 3.39. The Hall–Kier alpha value is -3.68. The molecule has 0 spiro atoms. The quantitative estimate of drug-likeness (QED) is 0.560. The maximum Gasteiger partial charge on any atom is 0.308 e. The molecular weight excluding hydrogens is 396 g/mol. The van der Waals surface area contributed by atoms with E-state index in [4.69, 9.17) is 5.26 Å². The predicted molar refractivity (Wildman–Crippen MR) is 101 cm³/mol. The number of pyridine rings is 1. The molecule has 1 saturated carbocycles. The zero-order chi connectivity index (χ0) is 21.6. The summed E-state index contributed by atoms with van der Waals surface area (Å²) in [6.45, 7) is 3.09. The van der Waals surface area contributed by atoms with Gasteiger partial charge in [-0.25, -0.2) is 23.7 Å². The number of fused-ring (bicyclic) bond motifs is 1. The Balaban J connectivity index is 1.82. The maximum atomic E-state index is 15.2. The average molecular weight is 413 g/mol. The monoisotopic (exact) mass is 413 g/mol. The molecular formula is C19H17F2N7O2. The van der Waals surface area contributed by atoms with Gasteiger partial charge in [0.15, 0.2) is 23.1 Å². The number of hydrogen-bond acceptors (Lipinski definition) is 7. The van der Waals surface area contributed by atoms with Gasteiger partial charge in [-0.3, -0.25) is 9.89 Å². The number of aliphatic carboxylic acids is 1. The summed E-state index contributed by atoms with van der Waals surface area (Å²) in [5, 5.41) is 28.2. The van der Waals surface area contributed by atoms with E-state index in [2.05, 4.69) is 36.5 Å². The molecule has 4 rings (SSSR count). The van der Waals surface area contributed by atoms with Crippen molar-refractivity contribution in [3.05, 3.63) is 29.6 Å². The minimum absolute atomic E-state index is 0.0440. The Morgan fingerprint density at radius 2 is 2.17 bits per heavy atom.